The highest BCUT2D eigenvalue weighted by Crippen LogP contribution is 2.27. The number of aromatic nitrogens is 3. The Kier molecular flexibility index (Phi) is 6.47. The van der Waals surface area contributed by atoms with Gasteiger partial charge in [-0.15, -0.1) is 10.2 Å². The summed E-state index contributed by atoms with van der Waals surface area (Å²) in [5.74, 6) is 0.939. The average molecular weight is 437 g/mol. The first-order valence-corrected chi connectivity index (χ1v) is 10.7. The Morgan fingerprint density at radius 3 is 2.58 bits per heavy atom. The fourth-order valence-electron chi connectivity index (χ4n) is 3.06. The first-order valence-electron chi connectivity index (χ1n) is 9.81. The fourth-order valence-corrected chi connectivity index (χ4v) is 3.97. The Morgan fingerprint density at radius 1 is 1.10 bits per heavy atom. The molecular weight excluding hydrogens is 415 g/mol. The van der Waals surface area contributed by atoms with Crippen molar-refractivity contribution < 1.29 is 13.6 Å². The topological polar surface area (TPSA) is 73.0 Å². The summed E-state index contributed by atoms with van der Waals surface area (Å²) >= 11 is 1.30. The quantitative estimate of drug-likeness (QED) is 0.415. The molecule has 0 aliphatic carbocycles. The number of halogens is 1. The van der Waals surface area contributed by atoms with Crippen LogP contribution >= 0.6 is 11.8 Å². The summed E-state index contributed by atoms with van der Waals surface area (Å²) < 4.78 is 20.6. The van der Waals surface area contributed by atoms with Crippen LogP contribution in [0.3, 0.4) is 0 Å². The Hall–Kier alpha value is -3.39. The highest BCUT2D eigenvalue weighted by atomic mass is 32.2. The second kappa shape index (κ2) is 9.61. The van der Waals surface area contributed by atoms with Gasteiger partial charge in [-0.2, -0.15) is 0 Å². The normalized spacial score (nSPS) is 11.9. The molecule has 0 fully saturated rings. The number of nitrogens with zero attached hydrogens (tertiary/aromatic N) is 3. The molecule has 1 N–H and O–H groups in total. The first kappa shape index (κ1) is 20.9. The Bertz CT molecular complexity index is 1130. The monoisotopic (exact) mass is 436 g/mol. The Labute approximate surface area is 183 Å². The molecule has 2 aromatic carbocycles. The van der Waals surface area contributed by atoms with E-state index in [1.807, 2.05) is 41.8 Å². The molecule has 1 atom stereocenters. The number of rotatable bonds is 8. The molecular formula is C23H21FN4O2S. The number of thioether (sulfide) groups is 1. The Balaban J connectivity index is 1.56. The molecule has 0 unspecified atom stereocenters. The molecule has 6 nitrogen and oxygen atoms in total. The zero-order chi connectivity index (χ0) is 21.6. The van der Waals surface area contributed by atoms with Crippen LogP contribution < -0.4 is 5.32 Å². The van der Waals surface area contributed by atoms with Crippen molar-refractivity contribution in [1.29, 1.82) is 0 Å². The van der Waals surface area contributed by atoms with Gasteiger partial charge in [-0.3, -0.25) is 9.36 Å². The molecule has 0 aliphatic rings. The van der Waals surface area contributed by atoms with Crippen molar-refractivity contribution in [2.75, 3.05) is 0 Å². The smallest absolute Gasteiger partial charge is 0.233 e. The molecule has 0 bridgehead atoms. The number of carbonyl (C=O) groups is 1. The predicted molar refractivity (Wildman–Crippen MR) is 116 cm³/mol. The van der Waals surface area contributed by atoms with Crippen LogP contribution in [0.4, 0.5) is 4.39 Å². The molecule has 0 saturated heterocycles. The van der Waals surface area contributed by atoms with E-state index in [0.29, 0.717) is 29.7 Å². The van der Waals surface area contributed by atoms with Gasteiger partial charge in [0, 0.05) is 12.1 Å². The van der Waals surface area contributed by atoms with E-state index in [-0.39, 0.29) is 11.7 Å². The van der Waals surface area contributed by atoms with Crippen molar-refractivity contribution in [3.8, 4) is 5.69 Å². The number of furan rings is 1. The summed E-state index contributed by atoms with van der Waals surface area (Å²) in [5, 5.41) is 11.7. The second-order valence-corrected chi connectivity index (χ2v) is 8.24. The van der Waals surface area contributed by atoms with Gasteiger partial charge in [0.1, 0.15) is 17.4 Å². The minimum Gasteiger partial charge on any atom is -0.467 e. The lowest BCUT2D eigenvalue weighted by atomic mass is 10.1. The molecule has 1 amide bonds. The molecule has 4 rings (SSSR count). The second-order valence-electron chi connectivity index (χ2n) is 6.93. The van der Waals surface area contributed by atoms with Crippen molar-refractivity contribution in [2.45, 2.75) is 30.3 Å². The van der Waals surface area contributed by atoms with Gasteiger partial charge >= 0.3 is 0 Å². The van der Waals surface area contributed by atoms with Gasteiger partial charge in [0.2, 0.25) is 5.91 Å². The zero-order valence-electron chi connectivity index (χ0n) is 16.9. The van der Waals surface area contributed by atoms with Gasteiger partial charge in [-0.05, 0) is 48.9 Å². The third-order valence-electron chi connectivity index (χ3n) is 4.66. The number of carbonyl (C=O) groups excluding carboxylic acids is 1. The number of hydrogen-bond donors (Lipinski definition) is 1. The van der Waals surface area contributed by atoms with Crippen LogP contribution in [0, 0.1) is 5.82 Å². The van der Waals surface area contributed by atoms with Gasteiger partial charge in [-0.1, -0.05) is 42.1 Å². The minimum atomic E-state index is -0.414. The van der Waals surface area contributed by atoms with E-state index in [1.54, 1.807) is 30.5 Å². The standard InChI is InChI=1S/C23H21FN4O2S/c1-16(22(29)25-15-20-8-5-13-30-20)31-23-27-26-21(14-17-6-3-2-4-7-17)28(23)19-11-9-18(24)10-12-19/h2-13,16H,14-15H2,1H3,(H,25,29)/t16-/m1/s1. The molecule has 0 saturated carbocycles. The lowest BCUT2D eigenvalue weighted by Gasteiger charge is -2.14. The number of benzene rings is 2. The highest BCUT2D eigenvalue weighted by molar-refractivity contribution is 8.00. The van der Waals surface area contributed by atoms with Crippen LogP contribution in [0.2, 0.25) is 0 Å². The first-order chi connectivity index (χ1) is 15.1. The molecule has 2 heterocycles. The summed E-state index contributed by atoms with van der Waals surface area (Å²) in [4.78, 5) is 12.6. The van der Waals surface area contributed by atoms with Crippen LogP contribution in [0.15, 0.2) is 82.6 Å². The van der Waals surface area contributed by atoms with E-state index in [9.17, 15) is 9.18 Å². The third-order valence-corrected chi connectivity index (χ3v) is 5.70. The van der Waals surface area contributed by atoms with Crippen LogP contribution in [0.25, 0.3) is 5.69 Å². The SMILES string of the molecule is C[C@@H](Sc1nnc(Cc2ccccc2)n1-c1ccc(F)cc1)C(=O)NCc1ccco1. The molecule has 0 aliphatic heterocycles. The number of nitrogens with one attached hydrogen (secondary N) is 1. The van der Waals surface area contributed by atoms with E-state index in [2.05, 4.69) is 15.5 Å². The van der Waals surface area contributed by atoms with Crippen molar-refractivity contribution in [3.05, 3.63) is 96.0 Å². The molecule has 2 aromatic heterocycles. The van der Waals surface area contributed by atoms with E-state index in [4.69, 9.17) is 4.42 Å². The van der Waals surface area contributed by atoms with Gasteiger partial charge in [-0.25, -0.2) is 4.39 Å². The predicted octanol–water partition coefficient (Wildman–Crippen LogP) is 4.39. The van der Waals surface area contributed by atoms with Gasteiger partial charge in [0.05, 0.1) is 18.1 Å². The maximum atomic E-state index is 13.5. The lowest BCUT2D eigenvalue weighted by molar-refractivity contribution is -0.120. The zero-order valence-corrected chi connectivity index (χ0v) is 17.7. The largest absolute Gasteiger partial charge is 0.467 e. The van der Waals surface area contributed by atoms with E-state index in [0.717, 1.165) is 11.3 Å². The Morgan fingerprint density at radius 2 is 1.87 bits per heavy atom. The molecule has 0 radical (unpaired) electrons. The van der Waals surface area contributed by atoms with Crippen molar-refractivity contribution in [1.82, 2.24) is 20.1 Å². The number of hydrogen-bond acceptors (Lipinski definition) is 5. The number of amides is 1. The van der Waals surface area contributed by atoms with Gasteiger partial charge < -0.3 is 9.73 Å². The third kappa shape index (κ3) is 5.21. The van der Waals surface area contributed by atoms with Gasteiger partial charge in [0.15, 0.2) is 5.16 Å². The summed E-state index contributed by atoms with van der Waals surface area (Å²) in [6.45, 7) is 2.13. The van der Waals surface area contributed by atoms with Crippen molar-refractivity contribution in [3.63, 3.8) is 0 Å². The summed E-state index contributed by atoms with van der Waals surface area (Å²) in [6, 6.07) is 19.7. The van der Waals surface area contributed by atoms with Crippen LogP contribution in [0.1, 0.15) is 24.1 Å². The van der Waals surface area contributed by atoms with E-state index >= 15 is 0 Å². The summed E-state index contributed by atoms with van der Waals surface area (Å²) in [7, 11) is 0. The average Bonchev–Trinajstić information content (AvgIpc) is 3.44. The van der Waals surface area contributed by atoms with Gasteiger partial charge in [0.25, 0.3) is 0 Å². The molecule has 4 aromatic rings. The maximum absolute atomic E-state index is 13.5. The highest BCUT2D eigenvalue weighted by Gasteiger charge is 2.21. The molecule has 0 spiro atoms. The lowest BCUT2D eigenvalue weighted by Crippen LogP contribution is -2.30. The van der Waals surface area contributed by atoms with Crippen molar-refractivity contribution in [2.24, 2.45) is 0 Å². The van der Waals surface area contributed by atoms with Crippen molar-refractivity contribution >= 4 is 17.7 Å². The fraction of sp³-hybridized carbons (Fsp3) is 0.174. The summed E-state index contributed by atoms with van der Waals surface area (Å²) in [6.07, 6.45) is 2.13. The van der Waals surface area contributed by atoms with E-state index in [1.165, 1.54) is 23.9 Å². The summed E-state index contributed by atoms with van der Waals surface area (Å²) in [5.41, 5.74) is 1.82. The minimum absolute atomic E-state index is 0.139. The van der Waals surface area contributed by atoms with E-state index < -0.39 is 5.25 Å². The van der Waals surface area contributed by atoms with Crippen LogP contribution in [0.5, 0.6) is 0 Å². The van der Waals surface area contributed by atoms with Crippen LogP contribution in [-0.2, 0) is 17.8 Å². The molecule has 158 valence electrons. The van der Waals surface area contributed by atoms with Crippen LogP contribution in [-0.4, -0.2) is 25.9 Å². The molecule has 31 heavy (non-hydrogen) atoms. The maximum Gasteiger partial charge on any atom is 0.233 e. The molecule has 8 heteroatoms.